The first-order chi connectivity index (χ1) is 9.30. The van der Waals surface area contributed by atoms with Crippen LogP contribution in [0.3, 0.4) is 0 Å². The molecule has 0 spiro atoms. The van der Waals surface area contributed by atoms with Crippen molar-refractivity contribution in [3.05, 3.63) is 0 Å². The third kappa shape index (κ3) is 9.91. The maximum atomic E-state index is 11.4. The number of hydrogen-bond donors (Lipinski definition) is 1. The van der Waals surface area contributed by atoms with Crippen LogP contribution in [-0.2, 0) is 32.7 Å². The van der Waals surface area contributed by atoms with Crippen LogP contribution >= 0.6 is 7.82 Å². The number of phosphoric ester groups is 1. The molecule has 8 nitrogen and oxygen atoms in total. The molecule has 0 aliphatic heterocycles. The number of phosphoric acid groups is 1. The van der Waals surface area contributed by atoms with Crippen LogP contribution < -0.4 is 0 Å². The fraction of sp³-hybridized carbons (Fsp3) is 0.818. The Labute approximate surface area is 118 Å². The monoisotopic (exact) mass is 312 g/mol. The Kier molecular flexibility index (Phi) is 9.41. The Morgan fingerprint density at radius 2 is 1.85 bits per heavy atom. The predicted octanol–water partition coefficient (Wildman–Crippen LogP) is 1.41. The maximum Gasteiger partial charge on any atom is 0.472 e. The van der Waals surface area contributed by atoms with E-state index in [0.717, 1.165) is 0 Å². The number of esters is 2. The van der Waals surface area contributed by atoms with E-state index >= 15 is 0 Å². The van der Waals surface area contributed by atoms with Crippen LogP contribution in [-0.4, -0.2) is 42.8 Å². The summed E-state index contributed by atoms with van der Waals surface area (Å²) in [6.45, 7) is 3.96. The molecule has 0 aromatic rings. The van der Waals surface area contributed by atoms with Gasteiger partial charge in [0.1, 0.15) is 6.61 Å². The molecule has 1 N–H and O–H groups in total. The molecule has 0 aliphatic rings. The number of ether oxygens (including phenoxy) is 2. The lowest BCUT2D eigenvalue weighted by atomic mass is 10.4. The molecule has 20 heavy (non-hydrogen) atoms. The molecule has 2 atom stereocenters. The summed E-state index contributed by atoms with van der Waals surface area (Å²) < 4.78 is 30.4. The zero-order valence-corrected chi connectivity index (χ0v) is 12.8. The average Bonchev–Trinajstić information content (AvgIpc) is 2.39. The molecule has 0 amide bonds. The van der Waals surface area contributed by atoms with Crippen molar-refractivity contribution in [2.75, 3.05) is 19.8 Å². The number of carbonyl (C=O) groups is 2. The van der Waals surface area contributed by atoms with E-state index in [-0.39, 0.29) is 19.6 Å². The van der Waals surface area contributed by atoms with Gasteiger partial charge in [-0.05, 0) is 6.42 Å². The minimum absolute atomic E-state index is 0.0666. The standard InChI is InChI=1S/C11H21O8P/c1-4-6-17-20(14,15)18-8-10(7-16-9(3)12)19-11(13)5-2/h10H,4-8H2,1-3H3,(H,14,15). The van der Waals surface area contributed by atoms with Gasteiger partial charge in [0.15, 0.2) is 6.10 Å². The van der Waals surface area contributed by atoms with Crippen LogP contribution in [0.5, 0.6) is 0 Å². The van der Waals surface area contributed by atoms with Crippen LogP contribution in [0.25, 0.3) is 0 Å². The summed E-state index contributed by atoms with van der Waals surface area (Å²) >= 11 is 0. The van der Waals surface area contributed by atoms with Gasteiger partial charge < -0.3 is 14.4 Å². The lowest BCUT2D eigenvalue weighted by Gasteiger charge is -2.19. The molecule has 118 valence electrons. The van der Waals surface area contributed by atoms with E-state index in [0.29, 0.717) is 6.42 Å². The summed E-state index contributed by atoms with van der Waals surface area (Å²) in [6.07, 6.45) is -0.285. The van der Waals surface area contributed by atoms with Crippen LogP contribution in [0.15, 0.2) is 0 Å². The van der Waals surface area contributed by atoms with Gasteiger partial charge in [-0.15, -0.1) is 0 Å². The lowest BCUT2D eigenvalue weighted by Crippen LogP contribution is -2.29. The van der Waals surface area contributed by atoms with Gasteiger partial charge in [0, 0.05) is 13.3 Å². The zero-order chi connectivity index (χ0) is 15.6. The van der Waals surface area contributed by atoms with Gasteiger partial charge in [-0.2, -0.15) is 0 Å². The van der Waals surface area contributed by atoms with Crippen LogP contribution in [0, 0.1) is 0 Å². The second-order valence-electron chi connectivity index (χ2n) is 3.87. The molecular formula is C11H21O8P. The summed E-state index contributed by atoms with van der Waals surface area (Å²) in [7, 11) is -4.19. The molecule has 0 saturated carbocycles. The zero-order valence-electron chi connectivity index (χ0n) is 11.9. The molecule has 0 rings (SSSR count). The molecule has 0 aliphatic carbocycles. The Hall–Kier alpha value is -0.950. The van der Waals surface area contributed by atoms with E-state index in [4.69, 9.17) is 9.26 Å². The van der Waals surface area contributed by atoms with Gasteiger partial charge >= 0.3 is 19.8 Å². The maximum absolute atomic E-state index is 11.4. The van der Waals surface area contributed by atoms with Crippen molar-refractivity contribution in [3.63, 3.8) is 0 Å². The first-order valence-electron chi connectivity index (χ1n) is 6.25. The normalized spacial score (nSPS) is 15.2. The highest BCUT2D eigenvalue weighted by Gasteiger charge is 2.25. The molecule has 0 heterocycles. The first kappa shape index (κ1) is 19.1. The van der Waals surface area contributed by atoms with Gasteiger partial charge in [-0.3, -0.25) is 18.6 Å². The smallest absolute Gasteiger partial charge is 0.462 e. The summed E-state index contributed by atoms with van der Waals surface area (Å²) in [5.74, 6) is -1.09. The fourth-order valence-electron chi connectivity index (χ4n) is 1.02. The number of hydrogen-bond acceptors (Lipinski definition) is 7. The highest BCUT2D eigenvalue weighted by molar-refractivity contribution is 7.47. The van der Waals surface area contributed by atoms with E-state index in [9.17, 15) is 19.0 Å². The summed E-state index contributed by atoms with van der Waals surface area (Å²) in [5, 5.41) is 0. The Bertz CT molecular complexity index is 356. The van der Waals surface area contributed by atoms with Crippen molar-refractivity contribution in [1.29, 1.82) is 0 Å². The minimum atomic E-state index is -4.19. The Morgan fingerprint density at radius 1 is 1.20 bits per heavy atom. The Morgan fingerprint density at radius 3 is 2.35 bits per heavy atom. The molecular weight excluding hydrogens is 291 g/mol. The number of carbonyl (C=O) groups excluding carboxylic acids is 2. The second kappa shape index (κ2) is 9.88. The van der Waals surface area contributed by atoms with E-state index in [1.165, 1.54) is 6.92 Å². The van der Waals surface area contributed by atoms with Crippen molar-refractivity contribution in [2.24, 2.45) is 0 Å². The van der Waals surface area contributed by atoms with E-state index in [1.54, 1.807) is 13.8 Å². The topological polar surface area (TPSA) is 108 Å². The van der Waals surface area contributed by atoms with Crippen LogP contribution in [0.1, 0.15) is 33.6 Å². The van der Waals surface area contributed by atoms with E-state index in [1.807, 2.05) is 0 Å². The third-order valence-electron chi connectivity index (χ3n) is 1.94. The van der Waals surface area contributed by atoms with E-state index < -0.39 is 32.5 Å². The highest BCUT2D eigenvalue weighted by Crippen LogP contribution is 2.43. The van der Waals surface area contributed by atoms with Crippen molar-refractivity contribution in [3.8, 4) is 0 Å². The van der Waals surface area contributed by atoms with Gasteiger partial charge in [0.2, 0.25) is 0 Å². The molecule has 0 aromatic carbocycles. The van der Waals surface area contributed by atoms with Gasteiger partial charge in [-0.1, -0.05) is 13.8 Å². The SMILES string of the molecule is CCCOP(=O)(O)OCC(COC(C)=O)OC(=O)CC. The molecule has 0 fully saturated rings. The quantitative estimate of drug-likeness (QED) is 0.476. The van der Waals surface area contributed by atoms with E-state index in [2.05, 4.69) is 9.26 Å². The largest absolute Gasteiger partial charge is 0.472 e. The van der Waals surface area contributed by atoms with Gasteiger partial charge in [0.25, 0.3) is 0 Å². The van der Waals surface area contributed by atoms with Crippen molar-refractivity contribution < 1.29 is 37.6 Å². The van der Waals surface area contributed by atoms with Gasteiger partial charge in [0.05, 0.1) is 13.2 Å². The van der Waals surface area contributed by atoms with Crippen molar-refractivity contribution in [2.45, 2.75) is 39.7 Å². The summed E-state index contributed by atoms with van der Waals surface area (Å²) in [5.41, 5.74) is 0. The Balaban J connectivity index is 4.36. The first-order valence-corrected chi connectivity index (χ1v) is 7.75. The lowest BCUT2D eigenvalue weighted by molar-refractivity contribution is -0.159. The third-order valence-corrected chi connectivity index (χ3v) is 2.93. The molecule has 0 aromatic heterocycles. The molecule has 9 heteroatoms. The predicted molar refractivity (Wildman–Crippen MR) is 68.8 cm³/mol. The van der Waals surface area contributed by atoms with Crippen molar-refractivity contribution >= 4 is 19.8 Å². The highest BCUT2D eigenvalue weighted by atomic mass is 31.2. The number of rotatable bonds is 10. The summed E-state index contributed by atoms with van der Waals surface area (Å²) in [4.78, 5) is 31.2. The average molecular weight is 312 g/mol. The van der Waals surface area contributed by atoms with Gasteiger partial charge in [-0.25, -0.2) is 4.57 Å². The molecule has 2 unspecified atom stereocenters. The fourth-order valence-corrected chi connectivity index (χ4v) is 1.86. The molecule has 0 saturated heterocycles. The van der Waals surface area contributed by atoms with Crippen molar-refractivity contribution in [1.82, 2.24) is 0 Å². The molecule has 0 radical (unpaired) electrons. The summed E-state index contributed by atoms with van der Waals surface area (Å²) in [6, 6.07) is 0. The van der Waals surface area contributed by atoms with Crippen LogP contribution in [0.2, 0.25) is 0 Å². The second-order valence-corrected chi connectivity index (χ2v) is 5.32. The minimum Gasteiger partial charge on any atom is -0.462 e. The molecule has 0 bridgehead atoms. The van der Waals surface area contributed by atoms with Crippen LogP contribution in [0.4, 0.5) is 0 Å².